The van der Waals surface area contributed by atoms with Gasteiger partial charge in [-0.1, -0.05) is 39.3 Å². The maximum absolute atomic E-state index is 3.44. The molecular weight excluding hydrogens is 208 g/mol. The van der Waals surface area contributed by atoms with Crippen molar-refractivity contribution in [1.82, 2.24) is 4.90 Å². The van der Waals surface area contributed by atoms with Gasteiger partial charge in [0.05, 0.1) is 0 Å². The summed E-state index contributed by atoms with van der Waals surface area (Å²) < 4.78 is 0. The Morgan fingerprint density at radius 2 is 1.65 bits per heavy atom. The van der Waals surface area contributed by atoms with Crippen molar-refractivity contribution >= 4 is 5.69 Å². The van der Waals surface area contributed by atoms with Crippen LogP contribution in [0.5, 0.6) is 0 Å². The lowest BCUT2D eigenvalue weighted by atomic mass is 10.2. The van der Waals surface area contributed by atoms with E-state index < -0.39 is 0 Å². The molecule has 1 N–H and O–H groups in total. The van der Waals surface area contributed by atoms with Gasteiger partial charge in [-0.05, 0) is 37.2 Å². The molecule has 17 heavy (non-hydrogen) atoms. The topological polar surface area (TPSA) is 15.3 Å². The van der Waals surface area contributed by atoms with Gasteiger partial charge in [0.15, 0.2) is 0 Å². The van der Waals surface area contributed by atoms with Crippen molar-refractivity contribution in [3.05, 3.63) is 29.8 Å². The number of hydrogen-bond acceptors (Lipinski definition) is 2. The largest absolute Gasteiger partial charge is 0.385 e. The van der Waals surface area contributed by atoms with Gasteiger partial charge in [-0.3, -0.25) is 4.90 Å². The molecule has 0 radical (unpaired) electrons. The normalized spacial score (nSPS) is 10.8. The zero-order chi connectivity index (χ0) is 12.5. The van der Waals surface area contributed by atoms with Crippen molar-refractivity contribution in [1.29, 1.82) is 0 Å². The van der Waals surface area contributed by atoms with E-state index in [2.05, 4.69) is 55.3 Å². The summed E-state index contributed by atoms with van der Waals surface area (Å²) in [5, 5.41) is 3.44. The van der Waals surface area contributed by atoms with Gasteiger partial charge in [0.2, 0.25) is 0 Å². The van der Waals surface area contributed by atoms with Gasteiger partial charge < -0.3 is 5.32 Å². The van der Waals surface area contributed by atoms with Crippen LogP contribution in [0.15, 0.2) is 24.3 Å². The summed E-state index contributed by atoms with van der Waals surface area (Å²) >= 11 is 0. The molecule has 0 heterocycles. The van der Waals surface area contributed by atoms with Crippen LogP contribution >= 0.6 is 0 Å². The quantitative estimate of drug-likeness (QED) is 0.689. The molecule has 0 atom stereocenters. The van der Waals surface area contributed by atoms with Crippen molar-refractivity contribution in [3.63, 3.8) is 0 Å². The molecule has 2 nitrogen and oxygen atoms in total. The van der Waals surface area contributed by atoms with Gasteiger partial charge in [-0.25, -0.2) is 0 Å². The van der Waals surface area contributed by atoms with Crippen molar-refractivity contribution in [3.8, 4) is 0 Å². The Balaban J connectivity index is 2.44. The average Bonchev–Trinajstić information content (AvgIpc) is 2.38. The van der Waals surface area contributed by atoms with E-state index in [4.69, 9.17) is 0 Å². The first-order chi connectivity index (χ1) is 8.30. The molecule has 0 spiro atoms. The highest BCUT2D eigenvalue weighted by atomic mass is 15.1. The SMILES string of the molecule is CCCCNc1ccc(CN(CC)CC)cc1. The predicted octanol–water partition coefficient (Wildman–Crippen LogP) is 3.74. The van der Waals surface area contributed by atoms with E-state index in [1.165, 1.54) is 24.1 Å². The van der Waals surface area contributed by atoms with Gasteiger partial charge in [-0.2, -0.15) is 0 Å². The van der Waals surface area contributed by atoms with E-state index in [1.807, 2.05) is 0 Å². The van der Waals surface area contributed by atoms with E-state index in [1.54, 1.807) is 0 Å². The predicted molar refractivity (Wildman–Crippen MR) is 76.5 cm³/mol. The number of nitrogens with zero attached hydrogens (tertiary/aromatic N) is 1. The fourth-order valence-electron chi connectivity index (χ4n) is 1.84. The Morgan fingerprint density at radius 3 is 2.18 bits per heavy atom. The van der Waals surface area contributed by atoms with Crippen molar-refractivity contribution in [2.24, 2.45) is 0 Å². The lowest BCUT2D eigenvalue weighted by Gasteiger charge is -2.18. The third-order valence-corrected chi connectivity index (χ3v) is 3.11. The van der Waals surface area contributed by atoms with E-state index in [0.29, 0.717) is 0 Å². The molecule has 1 aromatic rings. The van der Waals surface area contributed by atoms with Gasteiger partial charge in [0, 0.05) is 18.8 Å². The Morgan fingerprint density at radius 1 is 1.00 bits per heavy atom. The fraction of sp³-hybridized carbons (Fsp3) is 0.600. The average molecular weight is 234 g/mol. The molecule has 0 aromatic heterocycles. The summed E-state index contributed by atoms with van der Waals surface area (Å²) in [6, 6.07) is 8.84. The Kier molecular flexibility index (Phi) is 6.71. The Bertz CT molecular complexity index is 288. The van der Waals surface area contributed by atoms with E-state index >= 15 is 0 Å². The molecule has 0 saturated heterocycles. The third kappa shape index (κ3) is 5.22. The molecule has 0 fully saturated rings. The molecule has 96 valence electrons. The minimum absolute atomic E-state index is 1.06. The highest BCUT2D eigenvalue weighted by Crippen LogP contribution is 2.11. The van der Waals surface area contributed by atoms with Gasteiger partial charge in [-0.15, -0.1) is 0 Å². The third-order valence-electron chi connectivity index (χ3n) is 3.11. The Hall–Kier alpha value is -1.02. The monoisotopic (exact) mass is 234 g/mol. The zero-order valence-corrected chi connectivity index (χ0v) is 11.5. The zero-order valence-electron chi connectivity index (χ0n) is 11.5. The molecule has 0 saturated carbocycles. The van der Waals surface area contributed by atoms with E-state index in [0.717, 1.165) is 26.2 Å². The van der Waals surface area contributed by atoms with Crippen molar-refractivity contribution < 1.29 is 0 Å². The van der Waals surface area contributed by atoms with Crippen LogP contribution in [0.25, 0.3) is 0 Å². The number of anilines is 1. The maximum atomic E-state index is 3.44. The van der Waals surface area contributed by atoms with Crippen LogP contribution in [0.4, 0.5) is 5.69 Å². The van der Waals surface area contributed by atoms with Crippen LogP contribution in [-0.4, -0.2) is 24.5 Å². The van der Waals surface area contributed by atoms with E-state index in [-0.39, 0.29) is 0 Å². The molecule has 1 aromatic carbocycles. The molecule has 0 aliphatic carbocycles. The second kappa shape index (κ2) is 8.13. The number of hydrogen-bond donors (Lipinski definition) is 1. The van der Waals surface area contributed by atoms with Crippen LogP contribution in [0.3, 0.4) is 0 Å². The van der Waals surface area contributed by atoms with E-state index in [9.17, 15) is 0 Å². The first-order valence-corrected chi connectivity index (χ1v) is 6.85. The van der Waals surface area contributed by atoms with Crippen molar-refractivity contribution in [2.45, 2.75) is 40.2 Å². The lowest BCUT2D eigenvalue weighted by Crippen LogP contribution is -2.22. The summed E-state index contributed by atoms with van der Waals surface area (Å²) in [6.45, 7) is 11.0. The van der Waals surface area contributed by atoms with Crippen LogP contribution < -0.4 is 5.32 Å². The van der Waals surface area contributed by atoms with Crippen LogP contribution in [0.2, 0.25) is 0 Å². The highest BCUT2D eigenvalue weighted by molar-refractivity contribution is 5.44. The van der Waals surface area contributed by atoms with Gasteiger partial charge >= 0.3 is 0 Å². The first kappa shape index (κ1) is 14.0. The molecule has 1 rings (SSSR count). The minimum atomic E-state index is 1.06. The second-order valence-electron chi connectivity index (χ2n) is 4.44. The van der Waals surface area contributed by atoms with Crippen molar-refractivity contribution in [2.75, 3.05) is 25.0 Å². The summed E-state index contributed by atoms with van der Waals surface area (Å²) in [7, 11) is 0. The number of benzene rings is 1. The van der Waals surface area contributed by atoms with Gasteiger partial charge in [0.1, 0.15) is 0 Å². The van der Waals surface area contributed by atoms with Crippen LogP contribution in [0, 0.1) is 0 Å². The molecule has 2 heteroatoms. The summed E-state index contributed by atoms with van der Waals surface area (Å²) in [6.07, 6.45) is 2.48. The van der Waals surface area contributed by atoms with Crippen LogP contribution in [0.1, 0.15) is 39.2 Å². The fourth-order valence-corrected chi connectivity index (χ4v) is 1.84. The molecular formula is C15H26N2. The van der Waals surface area contributed by atoms with Crippen LogP contribution in [-0.2, 0) is 6.54 Å². The standard InChI is InChI=1S/C15H26N2/c1-4-7-12-16-15-10-8-14(9-11-15)13-17(5-2)6-3/h8-11,16H,4-7,12-13H2,1-3H3. The van der Waals surface area contributed by atoms with Gasteiger partial charge in [0.25, 0.3) is 0 Å². The Labute approximate surface area is 106 Å². The highest BCUT2D eigenvalue weighted by Gasteiger charge is 2.00. The molecule has 0 unspecified atom stereocenters. The number of nitrogens with one attached hydrogen (secondary N) is 1. The first-order valence-electron chi connectivity index (χ1n) is 6.85. The minimum Gasteiger partial charge on any atom is -0.385 e. The maximum Gasteiger partial charge on any atom is 0.0340 e. The molecule has 0 amide bonds. The molecule has 0 aliphatic heterocycles. The lowest BCUT2D eigenvalue weighted by molar-refractivity contribution is 0.296. The number of rotatable bonds is 8. The molecule has 0 bridgehead atoms. The smallest absolute Gasteiger partial charge is 0.0340 e. The summed E-state index contributed by atoms with van der Waals surface area (Å²) in [5.74, 6) is 0. The second-order valence-corrected chi connectivity index (χ2v) is 4.44. The summed E-state index contributed by atoms with van der Waals surface area (Å²) in [4.78, 5) is 2.43. The number of unbranched alkanes of at least 4 members (excludes halogenated alkanes) is 1. The summed E-state index contributed by atoms with van der Waals surface area (Å²) in [5.41, 5.74) is 2.64. The molecule has 0 aliphatic rings.